The molecule has 2 heterocycles. The SMILES string of the molecule is CC(=O)N(CC(=O)N1CCCCC1)Cc1ccccn1. The molecule has 0 N–H and O–H groups in total. The van der Waals surface area contributed by atoms with Gasteiger partial charge in [0, 0.05) is 26.2 Å². The van der Waals surface area contributed by atoms with E-state index >= 15 is 0 Å². The molecular formula is C15H21N3O2. The molecule has 0 spiro atoms. The Bertz CT molecular complexity index is 455. The van der Waals surface area contributed by atoms with E-state index in [2.05, 4.69) is 4.98 Å². The van der Waals surface area contributed by atoms with Crippen molar-refractivity contribution in [2.24, 2.45) is 0 Å². The predicted molar refractivity (Wildman–Crippen MR) is 75.8 cm³/mol. The Hall–Kier alpha value is -1.91. The van der Waals surface area contributed by atoms with Crippen molar-refractivity contribution in [3.05, 3.63) is 30.1 Å². The van der Waals surface area contributed by atoms with Crippen LogP contribution < -0.4 is 0 Å². The number of rotatable bonds is 4. The lowest BCUT2D eigenvalue weighted by molar-refractivity contribution is -0.140. The number of hydrogen-bond acceptors (Lipinski definition) is 3. The third-order valence-corrected chi connectivity index (χ3v) is 3.56. The van der Waals surface area contributed by atoms with E-state index in [9.17, 15) is 9.59 Å². The lowest BCUT2D eigenvalue weighted by Crippen LogP contribution is -2.43. The van der Waals surface area contributed by atoms with Crippen LogP contribution in [0.1, 0.15) is 31.9 Å². The van der Waals surface area contributed by atoms with E-state index in [0.717, 1.165) is 31.6 Å². The van der Waals surface area contributed by atoms with Crippen LogP contribution in [0, 0.1) is 0 Å². The summed E-state index contributed by atoms with van der Waals surface area (Å²) in [5.74, 6) is -0.0585. The second-order valence-electron chi connectivity index (χ2n) is 5.14. The second-order valence-corrected chi connectivity index (χ2v) is 5.14. The van der Waals surface area contributed by atoms with Crippen LogP contribution in [0.25, 0.3) is 0 Å². The summed E-state index contributed by atoms with van der Waals surface area (Å²) in [6.45, 7) is 3.65. The number of pyridine rings is 1. The molecule has 0 bridgehead atoms. The number of amides is 2. The first-order valence-corrected chi connectivity index (χ1v) is 7.10. The number of carbonyl (C=O) groups excluding carboxylic acids is 2. The third kappa shape index (κ3) is 4.05. The van der Waals surface area contributed by atoms with Gasteiger partial charge in [-0.05, 0) is 31.4 Å². The summed E-state index contributed by atoms with van der Waals surface area (Å²) in [5.41, 5.74) is 0.800. The van der Waals surface area contributed by atoms with E-state index < -0.39 is 0 Å². The van der Waals surface area contributed by atoms with Gasteiger partial charge in [0.25, 0.3) is 0 Å². The molecule has 0 saturated carbocycles. The Balaban J connectivity index is 1.95. The molecule has 108 valence electrons. The number of aromatic nitrogens is 1. The topological polar surface area (TPSA) is 53.5 Å². The van der Waals surface area contributed by atoms with E-state index in [1.807, 2.05) is 23.1 Å². The molecule has 0 unspecified atom stereocenters. The summed E-state index contributed by atoms with van der Waals surface area (Å²) >= 11 is 0. The number of piperidine rings is 1. The standard InChI is InChI=1S/C15H21N3O2/c1-13(19)18(11-14-7-3-4-8-16-14)12-15(20)17-9-5-2-6-10-17/h3-4,7-8H,2,5-6,9-12H2,1H3. The Morgan fingerprint density at radius 3 is 2.60 bits per heavy atom. The summed E-state index contributed by atoms with van der Waals surface area (Å²) in [6, 6.07) is 5.58. The maximum absolute atomic E-state index is 12.2. The lowest BCUT2D eigenvalue weighted by atomic mass is 10.1. The molecule has 0 aromatic carbocycles. The average Bonchev–Trinajstić information content (AvgIpc) is 2.48. The van der Waals surface area contributed by atoms with Crippen LogP contribution in [0.2, 0.25) is 0 Å². The smallest absolute Gasteiger partial charge is 0.242 e. The molecule has 5 nitrogen and oxygen atoms in total. The van der Waals surface area contributed by atoms with Crippen molar-refractivity contribution in [2.75, 3.05) is 19.6 Å². The van der Waals surface area contributed by atoms with Crippen molar-refractivity contribution in [3.63, 3.8) is 0 Å². The minimum absolute atomic E-state index is 0.0378. The molecule has 2 amide bonds. The zero-order valence-corrected chi connectivity index (χ0v) is 11.9. The monoisotopic (exact) mass is 275 g/mol. The second kappa shape index (κ2) is 7.03. The molecule has 2 rings (SSSR count). The summed E-state index contributed by atoms with van der Waals surface area (Å²) < 4.78 is 0. The van der Waals surface area contributed by atoms with Crippen LogP contribution in [0.15, 0.2) is 24.4 Å². The Morgan fingerprint density at radius 1 is 1.25 bits per heavy atom. The van der Waals surface area contributed by atoms with Gasteiger partial charge in [0.15, 0.2) is 0 Å². The van der Waals surface area contributed by atoms with Crippen LogP contribution >= 0.6 is 0 Å². The average molecular weight is 275 g/mol. The molecule has 1 aromatic rings. The predicted octanol–water partition coefficient (Wildman–Crippen LogP) is 1.44. The van der Waals surface area contributed by atoms with Gasteiger partial charge in [0.1, 0.15) is 6.54 Å². The van der Waals surface area contributed by atoms with Gasteiger partial charge >= 0.3 is 0 Å². The Labute approximate surface area is 119 Å². The Kier molecular flexibility index (Phi) is 5.09. The molecule has 1 aromatic heterocycles. The van der Waals surface area contributed by atoms with Crippen LogP contribution in [0.5, 0.6) is 0 Å². The van der Waals surface area contributed by atoms with Crippen molar-refractivity contribution >= 4 is 11.8 Å². The van der Waals surface area contributed by atoms with Gasteiger partial charge in [-0.2, -0.15) is 0 Å². The quantitative estimate of drug-likeness (QED) is 0.835. The van der Waals surface area contributed by atoms with Gasteiger partial charge in [-0.3, -0.25) is 14.6 Å². The molecule has 0 radical (unpaired) electrons. The number of likely N-dealkylation sites (tertiary alicyclic amines) is 1. The summed E-state index contributed by atoms with van der Waals surface area (Å²) in [7, 11) is 0. The first-order chi connectivity index (χ1) is 9.66. The number of nitrogens with zero attached hydrogens (tertiary/aromatic N) is 3. The zero-order chi connectivity index (χ0) is 14.4. The maximum Gasteiger partial charge on any atom is 0.242 e. The highest BCUT2D eigenvalue weighted by atomic mass is 16.2. The molecule has 5 heteroatoms. The van der Waals surface area contributed by atoms with E-state index in [4.69, 9.17) is 0 Å². The van der Waals surface area contributed by atoms with Crippen LogP contribution in [0.4, 0.5) is 0 Å². The van der Waals surface area contributed by atoms with E-state index in [1.165, 1.54) is 13.3 Å². The highest BCUT2D eigenvalue weighted by molar-refractivity contribution is 5.83. The van der Waals surface area contributed by atoms with E-state index in [1.54, 1.807) is 11.1 Å². The van der Waals surface area contributed by atoms with Gasteiger partial charge in [0.05, 0.1) is 12.2 Å². The molecular weight excluding hydrogens is 254 g/mol. The fourth-order valence-electron chi connectivity index (χ4n) is 2.37. The van der Waals surface area contributed by atoms with Crippen molar-refractivity contribution in [1.29, 1.82) is 0 Å². The van der Waals surface area contributed by atoms with Crippen molar-refractivity contribution in [2.45, 2.75) is 32.7 Å². The van der Waals surface area contributed by atoms with Crippen molar-refractivity contribution in [3.8, 4) is 0 Å². The molecule has 1 saturated heterocycles. The van der Waals surface area contributed by atoms with E-state index in [-0.39, 0.29) is 18.4 Å². The fraction of sp³-hybridized carbons (Fsp3) is 0.533. The molecule has 0 atom stereocenters. The Morgan fingerprint density at radius 2 is 2.00 bits per heavy atom. The maximum atomic E-state index is 12.2. The molecule has 1 aliphatic rings. The van der Waals surface area contributed by atoms with Gasteiger partial charge in [-0.15, -0.1) is 0 Å². The van der Waals surface area contributed by atoms with Gasteiger partial charge in [-0.1, -0.05) is 6.07 Å². The fourth-order valence-corrected chi connectivity index (χ4v) is 2.37. The summed E-state index contributed by atoms with van der Waals surface area (Å²) in [6.07, 6.45) is 5.01. The molecule has 20 heavy (non-hydrogen) atoms. The van der Waals surface area contributed by atoms with Crippen LogP contribution in [-0.4, -0.2) is 46.2 Å². The van der Waals surface area contributed by atoms with Crippen molar-refractivity contribution < 1.29 is 9.59 Å². The summed E-state index contributed by atoms with van der Waals surface area (Å²) in [5, 5.41) is 0. The molecule has 1 aliphatic heterocycles. The van der Waals surface area contributed by atoms with Gasteiger partial charge in [0.2, 0.25) is 11.8 Å². The van der Waals surface area contributed by atoms with Gasteiger partial charge < -0.3 is 9.80 Å². The minimum Gasteiger partial charge on any atom is -0.341 e. The normalized spacial score (nSPS) is 14.9. The lowest BCUT2D eigenvalue weighted by Gasteiger charge is -2.29. The van der Waals surface area contributed by atoms with Crippen LogP contribution in [0.3, 0.4) is 0 Å². The van der Waals surface area contributed by atoms with Crippen molar-refractivity contribution in [1.82, 2.24) is 14.8 Å². The number of hydrogen-bond donors (Lipinski definition) is 0. The van der Waals surface area contributed by atoms with Gasteiger partial charge in [-0.25, -0.2) is 0 Å². The summed E-state index contributed by atoms with van der Waals surface area (Å²) in [4.78, 5) is 31.5. The molecule has 0 aliphatic carbocycles. The highest BCUT2D eigenvalue weighted by Gasteiger charge is 2.21. The number of carbonyl (C=O) groups is 2. The first-order valence-electron chi connectivity index (χ1n) is 7.10. The highest BCUT2D eigenvalue weighted by Crippen LogP contribution is 2.10. The first kappa shape index (κ1) is 14.5. The molecule has 1 fully saturated rings. The largest absolute Gasteiger partial charge is 0.341 e. The van der Waals surface area contributed by atoms with Crippen LogP contribution in [-0.2, 0) is 16.1 Å². The zero-order valence-electron chi connectivity index (χ0n) is 11.9. The minimum atomic E-state index is -0.0963. The van der Waals surface area contributed by atoms with E-state index in [0.29, 0.717) is 6.54 Å². The third-order valence-electron chi connectivity index (χ3n) is 3.56.